The highest BCUT2D eigenvalue weighted by molar-refractivity contribution is 5.14. The monoisotopic (exact) mass is 205 g/mol. The number of nitrogens with one attached hydrogen (secondary N) is 1. The lowest BCUT2D eigenvalue weighted by Gasteiger charge is -2.19. The summed E-state index contributed by atoms with van der Waals surface area (Å²) in [5.74, 6) is 0. The third-order valence-corrected chi connectivity index (χ3v) is 3.16. The Morgan fingerprint density at radius 3 is 2.73 bits per heavy atom. The first-order chi connectivity index (χ1) is 7.25. The molecule has 0 amide bonds. The van der Waals surface area contributed by atoms with Crippen LogP contribution in [0.5, 0.6) is 0 Å². The molecule has 1 heterocycles. The minimum absolute atomic E-state index is 0.392. The van der Waals surface area contributed by atoms with E-state index >= 15 is 0 Å². The zero-order chi connectivity index (χ0) is 10.7. The van der Waals surface area contributed by atoms with Gasteiger partial charge in [-0.25, -0.2) is 0 Å². The molecule has 2 unspecified atom stereocenters. The van der Waals surface area contributed by atoms with Gasteiger partial charge in [0.25, 0.3) is 0 Å². The molecule has 3 atom stereocenters. The smallest absolute Gasteiger partial charge is 0.0295 e. The number of nitrogens with two attached hydrogens (primary N) is 1. The van der Waals surface area contributed by atoms with Gasteiger partial charge in [-0.2, -0.15) is 0 Å². The van der Waals surface area contributed by atoms with Crippen LogP contribution in [0.15, 0.2) is 24.5 Å². The highest BCUT2D eigenvalue weighted by Gasteiger charge is 2.22. The molecule has 0 bridgehead atoms. The molecule has 0 radical (unpaired) electrons. The van der Waals surface area contributed by atoms with Crippen molar-refractivity contribution in [3.8, 4) is 0 Å². The van der Waals surface area contributed by atoms with Crippen LogP contribution >= 0.6 is 0 Å². The van der Waals surface area contributed by atoms with Crippen molar-refractivity contribution in [1.82, 2.24) is 10.3 Å². The molecular formula is C12H19N3. The van der Waals surface area contributed by atoms with Gasteiger partial charge in [0, 0.05) is 30.5 Å². The Hall–Kier alpha value is -0.930. The van der Waals surface area contributed by atoms with Gasteiger partial charge < -0.3 is 11.1 Å². The van der Waals surface area contributed by atoms with Crippen LogP contribution in [0.2, 0.25) is 0 Å². The summed E-state index contributed by atoms with van der Waals surface area (Å²) < 4.78 is 0. The molecule has 1 aliphatic carbocycles. The first-order valence-electron chi connectivity index (χ1n) is 5.67. The van der Waals surface area contributed by atoms with E-state index < -0.39 is 0 Å². The van der Waals surface area contributed by atoms with Crippen LogP contribution in [-0.2, 0) is 0 Å². The van der Waals surface area contributed by atoms with E-state index in [9.17, 15) is 0 Å². The molecule has 1 aromatic rings. The predicted octanol–water partition coefficient (Wildman–Crippen LogP) is 1.61. The average Bonchev–Trinajstić information content (AvgIpc) is 2.65. The summed E-state index contributed by atoms with van der Waals surface area (Å²) in [7, 11) is 0. The highest BCUT2D eigenvalue weighted by Crippen LogP contribution is 2.21. The van der Waals surface area contributed by atoms with Gasteiger partial charge in [-0.15, -0.1) is 0 Å². The van der Waals surface area contributed by atoms with Gasteiger partial charge in [0.1, 0.15) is 0 Å². The second kappa shape index (κ2) is 4.73. The summed E-state index contributed by atoms with van der Waals surface area (Å²) >= 11 is 0. The van der Waals surface area contributed by atoms with E-state index in [0.29, 0.717) is 18.1 Å². The zero-order valence-electron chi connectivity index (χ0n) is 9.19. The summed E-state index contributed by atoms with van der Waals surface area (Å²) in [6, 6.07) is 5.50. The number of hydrogen-bond donors (Lipinski definition) is 2. The SMILES string of the molecule is C[C@H](NC1CCC(N)C1)c1ccncc1. The van der Waals surface area contributed by atoms with E-state index in [1.165, 1.54) is 12.0 Å². The zero-order valence-corrected chi connectivity index (χ0v) is 9.19. The first kappa shape index (κ1) is 10.6. The summed E-state index contributed by atoms with van der Waals surface area (Å²) in [5.41, 5.74) is 7.19. The average molecular weight is 205 g/mol. The summed E-state index contributed by atoms with van der Waals surface area (Å²) in [6.45, 7) is 2.19. The van der Waals surface area contributed by atoms with Crippen molar-refractivity contribution < 1.29 is 0 Å². The van der Waals surface area contributed by atoms with Gasteiger partial charge in [0.2, 0.25) is 0 Å². The normalized spacial score (nSPS) is 27.9. The van der Waals surface area contributed by atoms with E-state index in [1.807, 2.05) is 12.4 Å². The number of rotatable bonds is 3. The fourth-order valence-electron chi connectivity index (χ4n) is 2.27. The molecule has 82 valence electrons. The van der Waals surface area contributed by atoms with Gasteiger partial charge in [0.15, 0.2) is 0 Å². The lowest BCUT2D eigenvalue weighted by Crippen LogP contribution is -2.30. The first-order valence-corrected chi connectivity index (χ1v) is 5.67. The number of nitrogens with zero attached hydrogens (tertiary/aromatic N) is 1. The lowest BCUT2D eigenvalue weighted by atomic mass is 10.1. The van der Waals surface area contributed by atoms with Gasteiger partial charge in [-0.1, -0.05) is 0 Å². The summed E-state index contributed by atoms with van der Waals surface area (Å²) in [6.07, 6.45) is 7.15. The molecule has 1 fully saturated rings. The Morgan fingerprint density at radius 1 is 1.40 bits per heavy atom. The Kier molecular flexibility index (Phi) is 3.34. The molecule has 3 heteroatoms. The minimum atomic E-state index is 0.392. The largest absolute Gasteiger partial charge is 0.328 e. The fraction of sp³-hybridized carbons (Fsp3) is 0.583. The maximum atomic E-state index is 5.89. The number of pyridine rings is 1. The third kappa shape index (κ3) is 2.76. The number of aromatic nitrogens is 1. The molecule has 15 heavy (non-hydrogen) atoms. The molecule has 0 aromatic carbocycles. The van der Waals surface area contributed by atoms with Gasteiger partial charge in [-0.05, 0) is 43.9 Å². The Morgan fingerprint density at radius 2 is 2.13 bits per heavy atom. The standard InChI is InChI=1S/C12H19N3/c1-9(10-4-6-14-7-5-10)15-12-3-2-11(13)8-12/h4-7,9,11-12,15H,2-3,8,13H2,1H3/t9-,11?,12?/m0/s1. The van der Waals surface area contributed by atoms with Crippen LogP contribution in [0.1, 0.15) is 37.8 Å². The van der Waals surface area contributed by atoms with E-state index in [4.69, 9.17) is 5.73 Å². The molecule has 1 saturated carbocycles. The van der Waals surface area contributed by atoms with Crippen molar-refractivity contribution in [2.45, 2.75) is 44.3 Å². The highest BCUT2D eigenvalue weighted by atomic mass is 15.0. The van der Waals surface area contributed by atoms with Crippen LogP contribution in [0.3, 0.4) is 0 Å². The van der Waals surface area contributed by atoms with E-state index in [0.717, 1.165) is 12.8 Å². The quantitative estimate of drug-likeness (QED) is 0.788. The molecular weight excluding hydrogens is 186 g/mol. The van der Waals surface area contributed by atoms with Crippen molar-refractivity contribution in [1.29, 1.82) is 0 Å². The lowest BCUT2D eigenvalue weighted by molar-refractivity contribution is 0.457. The predicted molar refractivity (Wildman–Crippen MR) is 61.4 cm³/mol. The fourth-order valence-corrected chi connectivity index (χ4v) is 2.27. The number of hydrogen-bond acceptors (Lipinski definition) is 3. The molecule has 0 saturated heterocycles. The van der Waals surface area contributed by atoms with Crippen molar-refractivity contribution in [3.05, 3.63) is 30.1 Å². The molecule has 1 aliphatic rings. The van der Waals surface area contributed by atoms with Crippen molar-refractivity contribution in [2.24, 2.45) is 5.73 Å². The maximum Gasteiger partial charge on any atom is 0.0295 e. The van der Waals surface area contributed by atoms with E-state index in [1.54, 1.807) is 0 Å². The summed E-state index contributed by atoms with van der Waals surface area (Å²) in [5, 5.41) is 3.62. The third-order valence-electron chi connectivity index (χ3n) is 3.16. The van der Waals surface area contributed by atoms with Crippen molar-refractivity contribution in [2.75, 3.05) is 0 Å². The van der Waals surface area contributed by atoms with Crippen molar-refractivity contribution >= 4 is 0 Å². The van der Waals surface area contributed by atoms with E-state index in [-0.39, 0.29) is 0 Å². The van der Waals surface area contributed by atoms with Gasteiger partial charge in [-0.3, -0.25) is 4.98 Å². The molecule has 3 N–H and O–H groups in total. The molecule has 0 aliphatic heterocycles. The van der Waals surface area contributed by atoms with Crippen LogP contribution in [0, 0.1) is 0 Å². The van der Waals surface area contributed by atoms with Gasteiger partial charge in [0.05, 0.1) is 0 Å². The molecule has 3 nitrogen and oxygen atoms in total. The molecule has 1 aromatic heterocycles. The Labute approximate surface area is 91.1 Å². The summed E-state index contributed by atoms with van der Waals surface area (Å²) in [4.78, 5) is 4.02. The van der Waals surface area contributed by atoms with E-state index in [2.05, 4.69) is 29.4 Å². The Balaban J connectivity index is 1.90. The van der Waals surface area contributed by atoms with Crippen LogP contribution in [-0.4, -0.2) is 17.1 Å². The second-order valence-corrected chi connectivity index (χ2v) is 4.44. The van der Waals surface area contributed by atoms with Crippen molar-refractivity contribution in [3.63, 3.8) is 0 Å². The molecule has 2 rings (SSSR count). The maximum absolute atomic E-state index is 5.89. The minimum Gasteiger partial charge on any atom is -0.328 e. The Bertz CT molecular complexity index is 299. The van der Waals surface area contributed by atoms with Gasteiger partial charge >= 0.3 is 0 Å². The molecule has 0 spiro atoms. The van der Waals surface area contributed by atoms with Crippen LogP contribution in [0.4, 0.5) is 0 Å². The van der Waals surface area contributed by atoms with Crippen LogP contribution < -0.4 is 11.1 Å². The van der Waals surface area contributed by atoms with Crippen LogP contribution in [0.25, 0.3) is 0 Å². The second-order valence-electron chi connectivity index (χ2n) is 4.44. The topological polar surface area (TPSA) is 50.9 Å².